The quantitative estimate of drug-likeness (QED) is 0.656. The minimum atomic E-state index is -0.101. The number of thiophene rings is 1. The lowest BCUT2D eigenvalue weighted by atomic mass is 10.3. The SMILES string of the molecule is Cc1nc(SCc2cc(C#CCO)cs2)n[nH]1. The zero-order valence-electron chi connectivity index (χ0n) is 9.23. The van der Waals surface area contributed by atoms with E-state index in [1.54, 1.807) is 23.1 Å². The third-order valence-electron chi connectivity index (χ3n) is 1.89. The Morgan fingerprint density at radius 2 is 2.47 bits per heavy atom. The van der Waals surface area contributed by atoms with Gasteiger partial charge in [0.15, 0.2) is 0 Å². The Hall–Kier alpha value is -1.29. The summed E-state index contributed by atoms with van der Waals surface area (Å²) in [5, 5.41) is 18.2. The predicted molar refractivity (Wildman–Crippen MR) is 69.0 cm³/mol. The molecule has 2 aromatic heterocycles. The van der Waals surface area contributed by atoms with Crippen molar-refractivity contribution in [2.75, 3.05) is 6.61 Å². The highest BCUT2D eigenvalue weighted by molar-refractivity contribution is 7.98. The summed E-state index contributed by atoms with van der Waals surface area (Å²) < 4.78 is 0. The molecular formula is C11H11N3OS2. The van der Waals surface area contributed by atoms with Crippen LogP contribution in [0.15, 0.2) is 16.6 Å². The topological polar surface area (TPSA) is 61.8 Å². The summed E-state index contributed by atoms with van der Waals surface area (Å²) >= 11 is 3.25. The summed E-state index contributed by atoms with van der Waals surface area (Å²) in [6, 6.07) is 2.03. The molecule has 0 aliphatic carbocycles. The van der Waals surface area contributed by atoms with Crippen LogP contribution in [0, 0.1) is 18.8 Å². The van der Waals surface area contributed by atoms with Crippen LogP contribution in [0.25, 0.3) is 0 Å². The van der Waals surface area contributed by atoms with Crippen molar-refractivity contribution < 1.29 is 5.11 Å². The van der Waals surface area contributed by atoms with E-state index in [0.29, 0.717) is 0 Å². The summed E-state index contributed by atoms with van der Waals surface area (Å²) in [6.45, 7) is 1.78. The van der Waals surface area contributed by atoms with E-state index in [9.17, 15) is 0 Å². The lowest BCUT2D eigenvalue weighted by molar-refractivity contribution is 0.350. The number of aliphatic hydroxyl groups is 1. The number of aromatic nitrogens is 3. The minimum absolute atomic E-state index is 0.101. The van der Waals surface area contributed by atoms with Gasteiger partial charge >= 0.3 is 0 Å². The van der Waals surface area contributed by atoms with E-state index in [0.717, 1.165) is 22.3 Å². The lowest BCUT2D eigenvalue weighted by Crippen LogP contribution is -1.78. The monoisotopic (exact) mass is 265 g/mol. The van der Waals surface area contributed by atoms with Crippen LogP contribution in [-0.2, 0) is 5.75 Å². The van der Waals surface area contributed by atoms with Crippen LogP contribution in [0.1, 0.15) is 16.3 Å². The molecule has 0 spiro atoms. The molecule has 0 unspecified atom stereocenters. The molecule has 0 atom stereocenters. The first-order chi connectivity index (χ1) is 8.28. The van der Waals surface area contributed by atoms with E-state index in [2.05, 4.69) is 27.0 Å². The highest BCUT2D eigenvalue weighted by Crippen LogP contribution is 2.23. The number of aromatic amines is 1. The van der Waals surface area contributed by atoms with Gasteiger partial charge in [-0.1, -0.05) is 23.6 Å². The number of aryl methyl sites for hydroxylation is 1. The number of hydrogen-bond donors (Lipinski definition) is 2. The Morgan fingerprint density at radius 1 is 1.59 bits per heavy atom. The highest BCUT2D eigenvalue weighted by atomic mass is 32.2. The maximum absolute atomic E-state index is 8.59. The fraction of sp³-hybridized carbons (Fsp3) is 0.273. The first kappa shape index (κ1) is 12.2. The fourth-order valence-corrected chi connectivity index (χ4v) is 2.90. The maximum Gasteiger partial charge on any atom is 0.208 e. The molecule has 88 valence electrons. The van der Waals surface area contributed by atoms with Crippen molar-refractivity contribution in [1.82, 2.24) is 15.2 Å². The third-order valence-corrected chi connectivity index (χ3v) is 3.90. The zero-order valence-corrected chi connectivity index (χ0v) is 10.9. The van der Waals surface area contributed by atoms with Gasteiger partial charge in [-0.2, -0.15) is 0 Å². The molecular weight excluding hydrogens is 254 g/mol. The van der Waals surface area contributed by atoms with Crippen LogP contribution < -0.4 is 0 Å². The van der Waals surface area contributed by atoms with Crippen molar-refractivity contribution in [3.63, 3.8) is 0 Å². The third kappa shape index (κ3) is 3.60. The number of thioether (sulfide) groups is 1. The molecule has 4 nitrogen and oxygen atoms in total. The van der Waals surface area contributed by atoms with Crippen LogP contribution >= 0.6 is 23.1 Å². The summed E-state index contributed by atoms with van der Waals surface area (Å²) in [5.41, 5.74) is 0.950. The molecule has 0 saturated heterocycles. The van der Waals surface area contributed by atoms with Crippen molar-refractivity contribution >= 4 is 23.1 Å². The molecule has 17 heavy (non-hydrogen) atoms. The maximum atomic E-state index is 8.59. The molecule has 0 aliphatic rings. The summed E-state index contributed by atoms with van der Waals surface area (Å²) in [6.07, 6.45) is 0. The number of H-pyrrole nitrogens is 1. The molecule has 0 bridgehead atoms. The molecule has 2 N–H and O–H groups in total. The Labute approximate surface area is 107 Å². The molecule has 0 radical (unpaired) electrons. The number of nitrogens with one attached hydrogen (secondary N) is 1. The Morgan fingerprint density at radius 3 is 3.18 bits per heavy atom. The minimum Gasteiger partial charge on any atom is -0.384 e. The van der Waals surface area contributed by atoms with E-state index in [4.69, 9.17) is 5.11 Å². The van der Waals surface area contributed by atoms with Crippen LogP contribution in [0.4, 0.5) is 0 Å². The second kappa shape index (κ2) is 5.87. The van der Waals surface area contributed by atoms with Gasteiger partial charge in [-0.3, -0.25) is 5.10 Å². The van der Waals surface area contributed by atoms with Crippen molar-refractivity contribution in [3.8, 4) is 11.8 Å². The summed E-state index contributed by atoms with van der Waals surface area (Å²) in [4.78, 5) is 5.44. The molecule has 0 amide bonds. The molecule has 6 heteroatoms. The van der Waals surface area contributed by atoms with Gasteiger partial charge in [0, 0.05) is 21.6 Å². The Bertz CT molecular complexity index is 550. The first-order valence-corrected chi connectivity index (χ1v) is 6.83. The smallest absolute Gasteiger partial charge is 0.208 e. The molecule has 2 aromatic rings. The van der Waals surface area contributed by atoms with Gasteiger partial charge in [0.2, 0.25) is 5.16 Å². The van der Waals surface area contributed by atoms with Crippen LogP contribution in [0.3, 0.4) is 0 Å². The van der Waals surface area contributed by atoms with Gasteiger partial charge in [0.1, 0.15) is 12.4 Å². The van der Waals surface area contributed by atoms with Gasteiger partial charge in [0.05, 0.1) is 0 Å². The summed E-state index contributed by atoms with van der Waals surface area (Å²) in [5.74, 6) is 7.17. The molecule has 2 rings (SSSR count). The van der Waals surface area contributed by atoms with Gasteiger partial charge in [-0.15, -0.1) is 16.4 Å². The molecule has 0 saturated carbocycles. The van der Waals surface area contributed by atoms with Crippen LogP contribution in [0.5, 0.6) is 0 Å². The average molecular weight is 265 g/mol. The van der Waals surface area contributed by atoms with Crippen molar-refractivity contribution in [1.29, 1.82) is 0 Å². The lowest BCUT2D eigenvalue weighted by Gasteiger charge is -1.91. The number of nitrogens with zero attached hydrogens (tertiary/aromatic N) is 2. The Balaban J connectivity index is 1.93. The zero-order chi connectivity index (χ0) is 12.1. The van der Waals surface area contributed by atoms with Gasteiger partial charge in [0.25, 0.3) is 0 Å². The largest absolute Gasteiger partial charge is 0.384 e. The molecule has 0 aliphatic heterocycles. The van der Waals surface area contributed by atoms with E-state index in [1.165, 1.54) is 4.88 Å². The van der Waals surface area contributed by atoms with Gasteiger partial charge < -0.3 is 5.11 Å². The van der Waals surface area contributed by atoms with E-state index in [1.807, 2.05) is 18.4 Å². The molecule has 2 heterocycles. The van der Waals surface area contributed by atoms with E-state index >= 15 is 0 Å². The standard InChI is InChI=1S/C11H11N3OS2/c1-8-12-11(14-13-8)17-7-10-5-9(6-16-10)3-2-4-15/h5-6,15H,4,7H2,1H3,(H,12,13,14). The van der Waals surface area contributed by atoms with Gasteiger partial charge in [-0.05, 0) is 13.0 Å². The number of hydrogen-bond acceptors (Lipinski definition) is 5. The summed E-state index contributed by atoms with van der Waals surface area (Å²) in [7, 11) is 0. The Kier molecular flexibility index (Phi) is 4.20. The van der Waals surface area contributed by atoms with E-state index < -0.39 is 0 Å². The number of rotatable bonds is 3. The van der Waals surface area contributed by atoms with Crippen LogP contribution in [-0.4, -0.2) is 26.9 Å². The number of aliphatic hydroxyl groups excluding tert-OH is 1. The van der Waals surface area contributed by atoms with E-state index in [-0.39, 0.29) is 6.61 Å². The second-order valence-electron chi connectivity index (χ2n) is 3.25. The highest BCUT2D eigenvalue weighted by Gasteiger charge is 2.03. The van der Waals surface area contributed by atoms with Crippen LogP contribution in [0.2, 0.25) is 0 Å². The average Bonchev–Trinajstić information content (AvgIpc) is 2.93. The van der Waals surface area contributed by atoms with Crippen molar-refractivity contribution in [3.05, 3.63) is 27.7 Å². The fourth-order valence-electron chi connectivity index (χ4n) is 1.19. The molecule has 0 fully saturated rings. The normalized spacial score (nSPS) is 10.0. The molecule has 0 aromatic carbocycles. The van der Waals surface area contributed by atoms with Gasteiger partial charge in [-0.25, -0.2) is 4.98 Å². The first-order valence-electron chi connectivity index (χ1n) is 4.97. The van der Waals surface area contributed by atoms with Crippen molar-refractivity contribution in [2.24, 2.45) is 0 Å². The predicted octanol–water partition coefficient (Wildman–Crippen LogP) is 1.81. The van der Waals surface area contributed by atoms with Crippen molar-refractivity contribution in [2.45, 2.75) is 17.8 Å². The second-order valence-corrected chi connectivity index (χ2v) is 5.19.